The van der Waals surface area contributed by atoms with Gasteiger partial charge in [-0.25, -0.2) is 18.4 Å². The molecule has 2 aromatic heterocycles. The van der Waals surface area contributed by atoms with Crippen molar-refractivity contribution in [3.8, 4) is 0 Å². The van der Waals surface area contributed by atoms with Gasteiger partial charge in [-0.15, -0.1) is 0 Å². The molecule has 1 unspecified atom stereocenters. The molecular weight excluding hydrogens is 328 g/mol. The summed E-state index contributed by atoms with van der Waals surface area (Å²) < 4.78 is 24.3. The van der Waals surface area contributed by atoms with Crippen molar-refractivity contribution in [3.05, 3.63) is 24.5 Å². The third-order valence-electron chi connectivity index (χ3n) is 5.28. The number of fused-ring (bicyclic) bond motifs is 1. The third-order valence-corrected chi connectivity index (χ3v) is 7.87. The molecular formula is C16H20N4O3S. The van der Waals surface area contributed by atoms with Crippen molar-refractivity contribution in [3.63, 3.8) is 0 Å². The number of anilines is 1. The minimum Gasteiger partial charge on any atom is -0.396 e. The second kappa shape index (κ2) is 5.63. The molecule has 7 nitrogen and oxygen atoms in total. The van der Waals surface area contributed by atoms with E-state index in [1.807, 2.05) is 12.1 Å². The molecule has 2 N–H and O–H groups in total. The predicted octanol–water partition coefficient (Wildman–Crippen LogP) is 1.15. The second-order valence-electron chi connectivity index (χ2n) is 6.90. The molecule has 3 heterocycles. The summed E-state index contributed by atoms with van der Waals surface area (Å²) in [5.41, 5.74) is 0.622. The first-order valence-electron chi connectivity index (χ1n) is 8.19. The molecule has 1 saturated heterocycles. The molecule has 24 heavy (non-hydrogen) atoms. The van der Waals surface area contributed by atoms with Gasteiger partial charge in [-0.2, -0.15) is 4.98 Å². The Morgan fingerprint density at radius 3 is 2.92 bits per heavy atom. The molecule has 0 radical (unpaired) electrons. The van der Waals surface area contributed by atoms with Gasteiger partial charge in [0.25, 0.3) is 0 Å². The van der Waals surface area contributed by atoms with E-state index in [4.69, 9.17) is 0 Å². The maximum absolute atomic E-state index is 12.5. The van der Waals surface area contributed by atoms with Gasteiger partial charge in [-0.1, -0.05) is 0 Å². The molecule has 2 aromatic rings. The number of hydrogen-bond acceptors (Lipinski definition) is 7. The molecule has 0 amide bonds. The molecule has 4 rings (SSSR count). The highest BCUT2D eigenvalue weighted by atomic mass is 32.2. The van der Waals surface area contributed by atoms with Gasteiger partial charge in [-0.05, 0) is 43.7 Å². The van der Waals surface area contributed by atoms with Crippen molar-refractivity contribution >= 4 is 26.8 Å². The summed E-state index contributed by atoms with van der Waals surface area (Å²) in [7, 11) is -3.09. The Balaban J connectivity index is 1.52. The lowest BCUT2D eigenvalue weighted by Crippen LogP contribution is -2.57. The number of aliphatic hydroxyl groups excluding tert-OH is 1. The van der Waals surface area contributed by atoms with Crippen molar-refractivity contribution in [2.24, 2.45) is 5.92 Å². The molecule has 2 aliphatic rings. The summed E-state index contributed by atoms with van der Waals surface area (Å²) in [6.07, 6.45) is 5.63. The van der Waals surface area contributed by atoms with E-state index in [1.165, 1.54) is 0 Å². The average Bonchev–Trinajstić information content (AvgIpc) is 2.54. The van der Waals surface area contributed by atoms with Crippen LogP contribution in [0.5, 0.6) is 0 Å². The van der Waals surface area contributed by atoms with E-state index in [-0.39, 0.29) is 24.3 Å². The molecule has 128 valence electrons. The first kappa shape index (κ1) is 15.7. The van der Waals surface area contributed by atoms with Crippen LogP contribution in [0.2, 0.25) is 0 Å². The Morgan fingerprint density at radius 1 is 1.29 bits per heavy atom. The summed E-state index contributed by atoms with van der Waals surface area (Å²) >= 11 is 0. The second-order valence-corrected chi connectivity index (χ2v) is 9.41. The van der Waals surface area contributed by atoms with Crippen LogP contribution < -0.4 is 5.32 Å². The minimum absolute atomic E-state index is 0.0225. The third kappa shape index (κ3) is 2.53. The van der Waals surface area contributed by atoms with Gasteiger partial charge in [0.05, 0.1) is 10.5 Å². The van der Waals surface area contributed by atoms with Crippen molar-refractivity contribution in [2.75, 3.05) is 17.7 Å². The summed E-state index contributed by atoms with van der Waals surface area (Å²) in [6.45, 7) is 0.0643. The number of sulfone groups is 1. The molecule has 1 aliphatic carbocycles. The predicted molar refractivity (Wildman–Crippen MR) is 90.3 cm³/mol. The van der Waals surface area contributed by atoms with Crippen molar-refractivity contribution < 1.29 is 13.5 Å². The lowest BCUT2D eigenvalue weighted by molar-refractivity contribution is 0.111. The van der Waals surface area contributed by atoms with Crippen LogP contribution in [0.3, 0.4) is 0 Å². The fourth-order valence-corrected chi connectivity index (χ4v) is 6.44. The quantitative estimate of drug-likeness (QED) is 0.857. The van der Waals surface area contributed by atoms with Gasteiger partial charge in [0.2, 0.25) is 5.95 Å². The number of aliphatic hydroxyl groups is 1. The fourth-order valence-electron chi connectivity index (χ4n) is 3.97. The van der Waals surface area contributed by atoms with E-state index in [9.17, 15) is 13.5 Å². The summed E-state index contributed by atoms with van der Waals surface area (Å²) in [5, 5.41) is 13.4. The largest absolute Gasteiger partial charge is 0.396 e. The Kier molecular flexibility index (Phi) is 3.69. The minimum atomic E-state index is -3.09. The van der Waals surface area contributed by atoms with Crippen LogP contribution >= 0.6 is 0 Å². The Hall–Kier alpha value is -1.80. The fraction of sp³-hybridized carbons (Fsp3) is 0.562. The van der Waals surface area contributed by atoms with E-state index in [2.05, 4.69) is 20.3 Å². The number of nitrogens with one attached hydrogen (secondary N) is 1. The topological polar surface area (TPSA) is 105 Å². The standard InChI is InChI=1S/C16H20N4O3S/c21-10-11-6-16(7-11)8-13(3-5-24(16,22)23)19-15-18-9-12-2-1-4-17-14(12)20-15/h1-2,4,9,11,13,21H,3,5-8,10H2,(H,17,18,19,20). The number of rotatable bonds is 3. The number of nitrogens with zero attached hydrogens (tertiary/aromatic N) is 3. The van der Waals surface area contributed by atoms with Crippen LogP contribution in [0.1, 0.15) is 25.7 Å². The lowest BCUT2D eigenvalue weighted by Gasteiger charge is -2.50. The highest BCUT2D eigenvalue weighted by Gasteiger charge is 2.56. The lowest BCUT2D eigenvalue weighted by atomic mass is 9.71. The number of pyridine rings is 1. The van der Waals surface area contributed by atoms with Gasteiger partial charge < -0.3 is 10.4 Å². The molecule has 8 heteroatoms. The maximum atomic E-state index is 12.5. The van der Waals surface area contributed by atoms with Gasteiger partial charge in [-0.3, -0.25) is 0 Å². The van der Waals surface area contributed by atoms with E-state index in [0.29, 0.717) is 37.3 Å². The van der Waals surface area contributed by atoms with Crippen LogP contribution in [-0.4, -0.2) is 51.6 Å². The van der Waals surface area contributed by atoms with Crippen LogP contribution in [-0.2, 0) is 9.84 Å². The Labute approximate surface area is 140 Å². The molecule has 1 aliphatic heterocycles. The monoisotopic (exact) mass is 348 g/mol. The molecule has 0 aromatic carbocycles. The zero-order valence-electron chi connectivity index (χ0n) is 13.2. The smallest absolute Gasteiger partial charge is 0.224 e. The van der Waals surface area contributed by atoms with Crippen LogP contribution in [0, 0.1) is 5.92 Å². The number of aromatic nitrogens is 3. The van der Waals surface area contributed by atoms with Gasteiger partial charge >= 0.3 is 0 Å². The van der Waals surface area contributed by atoms with Crippen molar-refractivity contribution in [1.29, 1.82) is 0 Å². The number of hydrogen-bond donors (Lipinski definition) is 2. The molecule has 1 saturated carbocycles. The summed E-state index contributed by atoms with van der Waals surface area (Å²) in [5.74, 6) is 0.771. The van der Waals surface area contributed by atoms with Crippen molar-refractivity contribution in [2.45, 2.75) is 36.5 Å². The van der Waals surface area contributed by atoms with Crippen molar-refractivity contribution in [1.82, 2.24) is 15.0 Å². The zero-order valence-corrected chi connectivity index (χ0v) is 14.0. The molecule has 2 fully saturated rings. The van der Waals surface area contributed by atoms with E-state index < -0.39 is 14.6 Å². The van der Waals surface area contributed by atoms with Gasteiger partial charge in [0.15, 0.2) is 15.5 Å². The summed E-state index contributed by atoms with van der Waals surface area (Å²) in [6, 6.07) is 3.76. The normalized spacial score (nSPS) is 31.7. The first-order valence-corrected chi connectivity index (χ1v) is 9.84. The zero-order chi connectivity index (χ0) is 16.8. The SMILES string of the molecule is O=S1(=O)CCC(Nc2ncc3cccnc3n2)CC12CC(CO)C2. The summed E-state index contributed by atoms with van der Waals surface area (Å²) in [4.78, 5) is 12.9. The van der Waals surface area contributed by atoms with E-state index in [0.717, 1.165) is 5.39 Å². The Morgan fingerprint density at radius 2 is 2.12 bits per heavy atom. The highest BCUT2D eigenvalue weighted by Crippen LogP contribution is 2.50. The maximum Gasteiger partial charge on any atom is 0.224 e. The highest BCUT2D eigenvalue weighted by molar-refractivity contribution is 7.92. The van der Waals surface area contributed by atoms with Crippen LogP contribution in [0.25, 0.3) is 11.0 Å². The molecule has 1 spiro atoms. The first-order chi connectivity index (χ1) is 11.5. The molecule has 1 atom stereocenters. The van der Waals surface area contributed by atoms with Gasteiger partial charge in [0.1, 0.15) is 0 Å². The molecule has 0 bridgehead atoms. The Bertz CT molecular complexity index is 865. The van der Waals surface area contributed by atoms with E-state index >= 15 is 0 Å². The van der Waals surface area contributed by atoms with Crippen LogP contribution in [0.15, 0.2) is 24.5 Å². The van der Waals surface area contributed by atoms with E-state index in [1.54, 1.807) is 12.4 Å². The van der Waals surface area contributed by atoms with Gasteiger partial charge in [0, 0.05) is 30.4 Å². The van der Waals surface area contributed by atoms with Crippen LogP contribution in [0.4, 0.5) is 5.95 Å². The average molecular weight is 348 g/mol.